The van der Waals surface area contributed by atoms with Crippen LogP contribution < -0.4 is 5.32 Å². The Hall–Kier alpha value is -0.760. The quantitative estimate of drug-likeness (QED) is 0.777. The van der Waals surface area contributed by atoms with Gasteiger partial charge in [0.05, 0.1) is 6.26 Å². The molecule has 3 rings (SSSR count). The van der Waals surface area contributed by atoms with Crippen LogP contribution in [0, 0.1) is 18.8 Å². The molecule has 0 bridgehead atoms. The summed E-state index contributed by atoms with van der Waals surface area (Å²) in [7, 11) is 0. The first-order chi connectivity index (χ1) is 6.86. The van der Waals surface area contributed by atoms with Crippen molar-refractivity contribution in [2.75, 3.05) is 6.54 Å². The lowest BCUT2D eigenvalue weighted by Gasteiger charge is -2.46. The molecule has 76 valence electrons. The smallest absolute Gasteiger partial charge is 0.105 e. The third-order valence-corrected chi connectivity index (χ3v) is 3.99. The Morgan fingerprint density at radius 3 is 2.71 bits per heavy atom. The maximum atomic E-state index is 5.36. The minimum atomic E-state index is 0.582. The van der Waals surface area contributed by atoms with Gasteiger partial charge in [-0.1, -0.05) is 19.3 Å². The zero-order valence-corrected chi connectivity index (χ0v) is 8.62. The number of rotatable bonds is 2. The minimum Gasteiger partial charge on any atom is -0.469 e. The summed E-state index contributed by atoms with van der Waals surface area (Å²) in [6.45, 7) is 3.27. The highest BCUT2D eigenvalue weighted by atomic mass is 16.3. The Bertz CT molecular complexity index is 327. The van der Waals surface area contributed by atoms with E-state index in [0.717, 1.165) is 17.6 Å². The maximum Gasteiger partial charge on any atom is 0.105 e. The highest BCUT2D eigenvalue weighted by Gasteiger charge is 2.40. The molecule has 1 aliphatic heterocycles. The average molecular weight is 191 g/mol. The molecule has 0 spiro atoms. The summed E-state index contributed by atoms with van der Waals surface area (Å²) in [5.41, 5.74) is 1.38. The Balaban J connectivity index is 1.76. The van der Waals surface area contributed by atoms with E-state index in [2.05, 4.69) is 18.3 Å². The fraction of sp³-hybridized carbons (Fsp3) is 0.667. The van der Waals surface area contributed by atoms with Crippen LogP contribution in [0.5, 0.6) is 0 Å². The molecular weight excluding hydrogens is 174 g/mol. The van der Waals surface area contributed by atoms with E-state index in [0.29, 0.717) is 6.04 Å². The molecule has 1 aromatic rings. The van der Waals surface area contributed by atoms with Gasteiger partial charge in [-0.05, 0) is 24.8 Å². The number of aryl methyl sites for hydroxylation is 1. The van der Waals surface area contributed by atoms with E-state index in [1.54, 1.807) is 0 Å². The molecule has 2 atom stereocenters. The van der Waals surface area contributed by atoms with Crippen molar-refractivity contribution in [1.29, 1.82) is 0 Å². The van der Waals surface area contributed by atoms with Crippen molar-refractivity contribution in [2.45, 2.75) is 32.2 Å². The summed E-state index contributed by atoms with van der Waals surface area (Å²) >= 11 is 0. The molecule has 1 N–H and O–H groups in total. The summed E-state index contributed by atoms with van der Waals surface area (Å²) < 4.78 is 5.36. The first-order valence-corrected chi connectivity index (χ1v) is 5.63. The first-order valence-electron chi connectivity index (χ1n) is 5.63. The summed E-state index contributed by atoms with van der Waals surface area (Å²) in [4.78, 5) is 0. The van der Waals surface area contributed by atoms with Crippen LogP contribution in [0.25, 0.3) is 0 Å². The lowest BCUT2D eigenvalue weighted by molar-refractivity contribution is 0.0933. The van der Waals surface area contributed by atoms with Crippen molar-refractivity contribution < 1.29 is 4.42 Å². The maximum absolute atomic E-state index is 5.36. The van der Waals surface area contributed by atoms with Gasteiger partial charge in [-0.3, -0.25) is 0 Å². The van der Waals surface area contributed by atoms with Gasteiger partial charge in [0, 0.05) is 18.2 Å². The van der Waals surface area contributed by atoms with Crippen molar-refractivity contribution in [2.24, 2.45) is 11.8 Å². The third kappa shape index (κ3) is 1.13. The second-order valence-corrected chi connectivity index (χ2v) is 4.67. The predicted molar refractivity (Wildman–Crippen MR) is 55.0 cm³/mol. The van der Waals surface area contributed by atoms with E-state index in [1.165, 1.54) is 31.4 Å². The lowest BCUT2D eigenvalue weighted by atomic mass is 9.68. The van der Waals surface area contributed by atoms with Gasteiger partial charge in [0.15, 0.2) is 0 Å². The lowest BCUT2D eigenvalue weighted by Crippen LogP contribution is -2.50. The third-order valence-electron chi connectivity index (χ3n) is 3.99. The Kier molecular flexibility index (Phi) is 1.91. The zero-order chi connectivity index (χ0) is 9.54. The van der Waals surface area contributed by atoms with Gasteiger partial charge in [0.1, 0.15) is 5.76 Å². The molecule has 2 unspecified atom stereocenters. The largest absolute Gasteiger partial charge is 0.469 e. The van der Waals surface area contributed by atoms with Gasteiger partial charge in [-0.2, -0.15) is 0 Å². The van der Waals surface area contributed by atoms with Crippen LogP contribution in [-0.4, -0.2) is 6.54 Å². The second-order valence-electron chi connectivity index (χ2n) is 4.67. The van der Waals surface area contributed by atoms with Gasteiger partial charge in [0.25, 0.3) is 0 Å². The van der Waals surface area contributed by atoms with Crippen molar-refractivity contribution in [1.82, 2.24) is 5.32 Å². The highest BCUT2D eigenvalue weighted by molar-refractivity contribution is 5.24. The van der Waals surface area contributed by atoms with Gasteiger partial charge < -0.3 is 9.73 Å². The first kappa shape index (κ1) is 8.54. The van der Waals surface area contributed by atoms with Crippen LogP contribution in [-0.2, 0) is 0 Å². The molecule has 2 heterocycles. The molecule has 1 saturated carbocycles. The molecule has 2 nitrogen and oxygen atoms in total. The monoisotopic (exact) mass is 191 g/mol. The molecule has 0 amide bonds. The zero-order valence-electron chi connectivity index (χ0n) is 8.62. The normalized spacial score (nSPS) is 32.4. The second kappa shape index (κ2) is 3.13. The molecule has 1 aromatic heterocycles. The van der Waals surface area contributed by atoms with Crippen molar-refractivity contribution in [3.63, 3.8) is 0 Å². The Labute approximate surface area is 84.7 Å². The van der Waals surface area contributed by atoms with Gasteiger partial charge in [0.2, 0.25) is 0 Å². The molecule has 2 fully saturated rings. The number of furan rings is 1. The molecular formula is C12H17NO. The van der Waals surface area contributed by atoms with E-state index in [9.17, 15) is 0 Å². The summed E-state index contributed by atoms with van der Waals surface area (Å²) in [6, 6.07) is 2.71. The number of hydrogen-bond donors (Lipinski definition) is 1. The predicted octanol–water partition coefficient (Wildman–Crippen LogP) is 2.65. The molecule has 1 saturated heterocycles. The van der Waals surface area contributed by atoms with Crippen LogP contribution >= 0.6 is 0 Å². The van der Waals surface area contributed by atoms with E-state index >= 15 is 0 Å². The fourth-order valence-electron chi connectivity index (χ4n) is 2.74. The molecule has 0 aromatic carbocycles. The van der Waals surface area contributed by atoms with Crippen molar-refractivity contribution in [3.8, 4) is 0 Å². The summed E-state index contributed by atoms with van der Waals surface area (Å²) in [6.07, 6.45) is 6.14. The molecule has 2 heteroatoms. The van der Waals surface area contributed by atoms with E-state index < -0.39 is 0 Å². The standard InChI is InChI=1S/C12H17NO/c1-8-10(5-6-14-8)12-11(7-13-12)9-3-2-4-9/h5-6,9,11-13H,2-4,7H2,1H3. The molecule has 1 aliphatic carbocycles. The van der Waals surface area contributed by atoms with Gasteiger partial charge >= 0.3 is 0 Å². The van der Waals surface area contributed by atoms with Gasteiger partial charge in [-0.25, -0.2) is 0 Å². The Morgan fingerprint density at radius 2 is 2.29 bits per heavy atom. The molecule has 2 aliphatic rings. The van der Waals surface area contributed by atoms with Crippen LogP contribution in [0.4, 0.5) is 0 Å². The SMILES string of the molecule is Cc1occc1C1NCC1C1CCC1. The van der Waals surface area contributed by atoms with E-state index in [4.69, 9.17) is 4.42 Å². The Morgan fingerprint density at radius 1 is 1.43 bits per heavy atom. The molecule has 0 radical (unpaired) electrons. The van der Waals surface area contributed by atoms with Crippen LogP contribution in [0.1, 0.15) is 36.6 Å². The van der Waals surface area contributed by atoms with Crippen LogP contribution in [0.15, 0.2) is 16.7 Å². The average Bonchev–Trinajstić information content (AvgIpc) is 2.43. The van der Waals surface area contributed by atoms with Crippen LogP contribution in [0.2, 0.25) is 0 Å². The number of hydrogen-bond acceptors (Lipinski definition) is 2. The van der Waals surface area contributed by atoms with E-state index in [1.807, 2.05) is 6.26 Å². The fourth-order valence-corrected chi connectivity index (χ4v) is 2.74. The highest BCUT2D eigenvalue weighted by Crippen LogP contribution is 2.44. The van der Waals surface area contributed by atoms with E-state index in [-0.39, 0.29) is 0 Å². The summed E-state index contributed by atoms with van der Waals surface area (Å²) in [5.74, 6) is 2.95. The van der Waals surface area contributed by atoms with Crippen molar-refractivity contribution >= 4 is 0 Å². The minimum absolute atomic E-state index is 0.582. The summed E-state index contributed by atoms with van der Waals surface area (Å²) in [5, 5.41) is 3.53. The van der Waals surface area contributed by atoms with Gasteiger partial charge in [-0.15, -0.1) is 0 Å². The number of nitrogens with one attached hydrogen (secondary N) is 1. The van der Waals surface area contributed by atoms with Crippen molar-refractivity contribution in [3.05, 3.63) is 23.7 Å². The van der Waals surface area contributed by atoms with Crippen LogP contribution in [0.3, 0.4) is 0 Å². The molecule has 14 heavy (non-hydrogen) atoms. The topological polar surface area (TPSA) is 25.2 Å².